The molecule has 0 bridgehead atoms. The molecule has 2 aliphatic heterocycles. The Bertz CT molecular complexity index is 737. The highest BCUT2D eigenvalue weighted by molar-refractivity contribution is 5.35. The van der Waals surface area contributed by atoms with Crippen molar-refractivity contribution in [3.05, 3.63) is 48.3 Å². The Morgan fingerprint density at radius 1 is 1.17 bits per heavy atom. The van der Waals surface area contributed by atoms with Gasteiger partial charge in [0.2, 0.25) is 0 Å². The summed E-state index contributed by atoms with van der Waals surface area (Å²) in [6.45, 7) is 8.36. The van der Waals surface area contributed by atoms with Crippen LogP contribution in [0.25, 0.3) is 5.69 Å². The van der Waals surface area contributed by atoms with Crippen LogP contribution in [0.3, 0.4) is 0 Å². The summed E-state index contributed by atoms with van der Waals surface area (Å²) in [4.78, 5) is 5.17. The first-order chi connectivity index (χ1) is 14.8. The first-order valence-corrected chi connectivity index (χ1v) is 11.4. The number of hydrogen-bond donors (Lipinski definition) is 0. The molecule has 164 valence electrons. The monoisotopic (exact) mass is 412 g/mol. The van der Waals surface area contributed by atoms with Gasteiger partial charge in [0, 0.05) is 52.3 Å². The number of piperidine rings is 1. The highest BCUT2D eigenvalue weighted by Crippen LogP contribution is 2.22. The van der Waals surface area contributed by atoms with Crippen molar-refractivity contribution in [3.63, 3.8) is 0 Å². The molecule has 0 saturated carbocycles. The number of benzene rings is 1. The van der Waals surface area contributed by atoms with Gasteiger partial charge in [-0.1, -0.05) is 12.1 Å². The lowest BCUT2D eigenvalue weighted by atomic mass is 9.95. The Morgan fingerprint density at radius 2 is 2.07 bits per heavy atom. The smallest absolute Gasteiger partial charge is 0.0702 e. The molecule has 0 unspecified atom stereocenters. The molecule has 2 aliphatic rings. The fraction of sp³-hybridized carbons (Fsp3) is 0.625. The van der Waals surface area contributed by atoms with Gasteiger partial charge in [0.15, 0.2) is 0 Å². The maximum Gasteiger partial charge on any atom is 0.0702 e. The number of likely N-dealkylation sites (tertiary alicyclic amines) is 1. The van der Waals surface area contributed by atoms with Gasteiger partial charge in [-0.3, -0.25) is 4.90 Å². The molecular weight excluding hydrogens is 376 g/mol. The van der Waals surface area contributed by atoms with E-state index in [0.29, 0.717) is 6.10 Å². The summed E-state index contributed by atoms with van der Waals surface area (Å²) in [7, 11) is 1.79. The van der Waals surface area contributed by atoms with E-state index in [9.17, 15) is 0 Å². The van der Waals surface area contributed by atoms with E-state index in [1.165, 1.54) is 44.3 Å². The van der Waals surface area contributed by atoms with E-state index in [0.717, 1.165) is 51.0 Å². The maximum absolute atomic E-state index is 5.98. The highest BCUT2D eigenvalue weighted by Gasteiger charge is 2.24. The number of hydrogen-bond acceptors (Lipinski definition) is 5. The lowest BCUT2D eigenvalue weighted by molar-refractivity contribution is 0.0552. The fourth-order valence-corrected chi connectivity index (χ4v) is 4.74. The van der Waals surface area contributed by atoms with Crippen molar-refractivity contribution in [2.24, 2.45) is 5.92 Å². The summed E-state index contributed by atoms with van der Waals surface area (Å²) >= 11 is 0. The lowest BCUT2D eigenvalue weighted by Gasteiger charge is -2.35. The second kappa shape index (κ2) is 11.0. The largest absolute Gasteiger partial charge is 0.383 e. The van der Waals surface area contributed by atoms with Gasteiger partial charge in [-0.05, 0) is 68.5 Å². The van der Waals surface area contributed by atoms with Crippen molar-refractivity contribution in [2.45, 2.75) is 38.3 Å². The van der Waals surface area contributed by atoms with Crippen LogP contribution in [0.15, 0.2) is 42.7 Å². The Balaban J connectivity index is 1.37. The third-order valence-electron chi connectivity index (χ3n) is 6.41. The molecular formula is C24H36N4O2. The van der Waals surface area contributed by atoms with E-state index in [1.54, 1.807) is 7.11 Å². The van der Waals surface area contributed by atoms with Crippen molar-refractivity contribution in [1.29, 1.82) is 0 Å². The SMILES string of the molecule is COCCN1CCC(CN(Cc2cccc(-n3cccn3)c2)C[C@@H]2CCCO2)CC1. The molecule has 2 aromatic rings. The Morgan fingerprint density at radius 3 is 2.80 bits per heavy atom. The zero-order chi connectivity index (χ0) is 20.6. The van der Waals surface area contributed by atoms with Crippen molar-refractivity contribution in [1.82, 2.24) is 19.6 Å². The van der Waals surface area contributed by atoms with Crippen molar-refractivity contribution >= 4 is 0 Å². The fourth-order valence-electron chi connectivity index (χ4n) is 4.74. The minimum atomic E-state index is 0.390. The summed E-state index contributed by atoms with van der Waals surface area (Å²) in [6.07, 6.45) is 9.17. The zero-order valence-corrected chi connectivity index (χ0v) is 18.3. The molecule has 0 aliphatic carbocycles. The summed E-state index contributed by atoms with van der Waals surface area (Å²) in [5.41, 5.74) is 2.47. The van der Waals surface area contributed by atoms with Crippen LogP contribution in [0, 0.1) is 5.92 Å². The van der Waals surface area contributed by atoms with Crippen molar-refractivity contribution in [2.75, 3.05) is 53.0 Å². The van der Waals surface area contributed by atoms with Crippen molar-refractivity contribution < 1.29 is 9.47 Å². The minimum Gasteiger partial charge on any atom is -0.383 e. The van der Waals surface area contributed by atoms with E-state index >= 15 is 0 Å². The van der Waals surface area contributed by atoms with Crippen LogP contribution in [0.4, 0.5) is 0 Å². The highest BCUT2D eigenvalue weighted by atomic mass is 16.5. The van der Waals surface area contributed by atoms with Gasteiger partial charge in [-0.2, -0.15) is 5.10 Å². The van der Waals surface area contributed by atoms with Gasteiger partial charge in [0.05, 0.1) is 18.4 Å². The van der Waals surface area contributed by atoms with Crippen LogP contribution in [0.5, 0.6) is 0 Å². The molecule has 1 aromatic heterocycles. The van der Waals surface area contributed by atoms with Crippen LogP contribution < -0.4 is 0 Å². The summed E-state index contributed by atoms with van der Waals surface area (Å²) < 4.78 is 13.2. The molecule has 0 spiro atoms. The number of rotatable bonds is 10. The van der Waals surface area contributed by atoms with Gasteiger partial charge in [0.1, 0.15) is 0 Å². The first kappa shape index (κ1) is 21.5. The molecule has 6 nitrogen and oxygen atoms in total. The molecule has 30 heavy (non-hydrogen) atoms. The standard InChI is InChI=1S/C24H36N4O2/c1-29-16-14-26-12-8-21(9-13-26)18-27(20-24-7-3-15-30-24)19-22-5-2-6-23(17-22)28-11-4-10-25-28/h2,4-6,10-11,17,21,24H,3,7-9,12-16,18-20H2,1H3/t24-/m0/s1. The number of nitrogens with zero attached hydrogens (tertiary/aromatic N) is 4. The predicted molar refractivity (Wildman–Crippen MR) is 119 cm³/mol. The molecule has 1 atom stereocenters. The molecule has 2 fully saturated rings. The molecule has 2 saturated heterocycles. The average molecular weight is 413 g/mol. The minimum absolute atomic E-state index is 0.390. The second-order valence-corrected chi connectivity index (χ2v) is 8.73. The van der Waals surface area contributed by atoms with Crippen LogP contribution in [0.1, 0.15) is 31.2 Å². The molecule has 1 aromatic carbocycles. The van der Waals surface area contributed by atoms with Gasteiger partial charge in [0.25, 0.3) is 0 Å². The van der Waals surface area contributed by atoms with Gasteiger partial charge >= 0.3 is 0 Å². The number of ether oxygens (including phenoxy) is 2. The maximum atomic E-state index is 5.98. The van der Waals surface area contributed by atoms with Crippen LogP contribution in [-0.4, -0.2) is 78.7 Å². The molecule has 4 rings (SSSR count). The van der Waals surface area contributed by atoms with Gasteiger partial charge in [-0.25, -0.2) is 4.68 Å². The molecule has 3 heterocycles. The van der Waals surface area contributed by atoms with E-state index < -0.39 is 0 Å². The normalized spacial score (nSPS) is 20.9. The van der Waals surface area contributed by atoms with E-state index in [-0.39, 0.29) is 0 Å². The average Bonchev–Trinajstić information content (AvgIpc) is 3.48. The topological polar surface area (TPSA) is 42.8 Å². The van der Waals surface area contributed by atoms with Gasteiger partial charge < -0.3 is 14.4 Å². The third-order valence-corrected chi connectivity index (χ3v) is 6.41. The number of methoxy groups -OCH3 is 1. The number of aromatic nitrogens is 2. The van der Waals surface area contributed by atoms with Crippen LogP contribution in [-0.2, 0) is 16.0 Å². The first-order valence-electron chi connectivity index (χ1n) is 11.4. The quantitative estimate of drug-likeness (QED) is 0.600. The van der Waals surface area contributed by atoms with Crippen LogP contribution >= 0.6 is 0 Å². The molecule has 0 amide bonds. The third kappa shape index (κ3) is 6.14. The molecule has 0 radical (unpaired) electrons. The molecule has 6 heteroatoms. The zero-order valence-electron chi connectivity index (χ0n) is 18.3. The summed E-state index contributed by atoms with van der Waals surface area (Å²) in [6, 6.07) is 10.7. The van der Waals surface area contributed by atoms with E-state index in [1.807, 2.05) is 23.1 Å². The Hall–Kier alpha value is -1.73. The second-order valence-electron chi connectivity index (χ2n) is 8.73. The predicted octanol–water partition coefficient (Wildman–Crippen LogP) is 3.21. The summed E-state index contributed by atoms with van der Waals surface area (Å²) in [5.74, 6) is 0.763. The Labute approximate surface area is 180 Å². The van der Waals surface area contributed by atoms with Crippen molar-refractivity contribution in [3.8, 4) is 5.69 Å². The molecule has 0 N–H and O–H groups in total. The van der Waals surface area contributed by atoms with Gasteiger partial charge in [-0.15, -0.1) is 0 Å². The van der Waals surface area contributed by atoms with Crippen LogP contribution in [0.2, 0.25) is 0 Å². The summed E-state index contributed by atoms with van der Waals surface area (Å²) in [5, 5.41) is 4.38. The Kier molecular flexibility index (Phi) is 7.92. The lowest BCUT2D eigenvalue weighted by Crippen LogP contribution is -2.41. The van der Waals surface area contributed by atoms with E-state index in [4.69, 9.17) is 9.47 Å². The van der Waals surface area contributed by atoms with E-state index in [2.05, 4.69) is 39.2 Å².